The summed E-state index contributed by atoms with van der Waals surface area (Å²) in [6, 6.07) is 1.46. The number of pyridine rings is 1. The molecular formula is C21H25F2N3O4. The maximum Gasteiger partial charge on any atom is 0.326 e. The summed E-state index contributed by atoms with van der Waals surface area (Å²) in [5.74, 6) is -5.87. The molecule has 1 aromatic heterocycles. The summed E-state index contributed by atoms with van der Waals surface area (Å²) in [6.45, 7) is 4.30. The van der Waals surface area contributed by atoms with Crippen molar-refractivity contribution in [2.45, 2.75) is 51.1 Å². The molecule has 1 saturated heterocycles. The zero-order chi connectivity index (χ0) is 21.8. The Labute approximate surface area is 172 Å². The molecule has 1 aliphatic heterocycles. The molecule has 2 N–H and O–H groups in total. The van der Waals surface area contributed by atoms with Crippen molar-refractivity contribution in [1.82, 2.24) is 15.2 Å². The van der Waals surface area contributed by atoms with E-state index in [9.17, 15) is 28.3 Å². The standard InChI is InChI=1S/C21H25F2N3O4/c1-20(2)13-10-26(16(15(13)20)19(29)30)18(28)14(6-11-4-3-5-24-9-11)25-17(27)12-7-21(22,23)8-12/h3-5,9,12-16H,6-8,10H2,1-2H3,(H,25,27)(H,29,30)/t13-,14?,15-,16-/m0/s1. The molecule has 162 valence electrons. The van der Waals surface area contributed by atoms with Gasteiger partial charge in [0.15, 0.2) is 0 Å². The number of aliphatic carboxylic acids is 1. The lowest BCUT2D eigenvalue weighted by atomic mass is 9.80. The molecule has 1 aromatic rings. The molecule has 2 amide bonds. The number of hydrogen-bond acceptors (Lipinski definition) is 4. The first-order chi connectivity index (χ1) is 14.0. The van der Waals surface area contributed by atoms with Crippen molar-refractivity contribution in [1.29, 1.82) is 0 Å². The molecular weight excluding hydrogens is 396 g/mol. The number of carbonyl (C=O) groups excluding carboxylic acids is 2. The lowest BCUT2D eigenvalue weighted by molar-refractivity contribution is -0.155. The van der Waals surface area contributed by atoms with Crippen molar-refractivity contribution < 1.29 is 28.3 Å². The molecule has 30 heavy (non-hydrogen) atoms. The van der Waals surface area contributed by atoms with E-state index in [0.29, 0.717) is 12.1 Å². The fourth-order valence-electron chi connectivity index (χ4n) is 5.09. The van der Waals surface area contributed by atoms with Crippen molar-refractivity contribution in [3.05, 3.63) is 30.1 Å². The van der Waals surface area contributed by atoms with E-state index in [1.54, 1.807) is 24.5 Å². The van der Waals surface area contributed by atoms with Gasteiger partial charge >= 0.3 is 5.97 Å². The van der Waals surface area contributed by atoms with E-state index < -0.39 is 54.5 Å². The molecule has 4 atom stereocenters. The highest BCUT2D eigenvalue weighted by Gasteiger charge is 2.69. The van der Waals surface area contributed by atoms with Crippen LogP contribution in [0, 0.1) is 23.2 Å². The normalized spacial score (nSPS) is 29.5. The highest BCUT2D eigenvalue weighted by molar-refractivity contribution is 5.92. The summed E-state index contributed by atoms with van der Waals surface area (Å²) in [5, 5.41) is 12.3. The Balaban J connectivity index is 1.52. The zero-order valence-corrected chi connectivity index (χ0v) is 16.8. The fourth-order valence-corrected chi connectivity index (χ4v) is 5.09. The average Bonchev–Trinajstić information content (AvgIpc) is 3.02. The van der Waals surface area contributed by atoms with Gasteiger partial charge < -0.3 is 15.3 Å². The number of piperidine rings is 1. The molecule has 4 rings (SSSR count). The first-order valence-corrected chi connectivity index (χ1v) is 10.1. The number of fused-ring (bicyclic) bond motifs is 1. The van der Waals surface area contributed by atoms with Crippen molar-refractivity contribution >= 4 is 17.8 Å². The van der Waals surface area contributed by atoms with Crippen LogP contribution in [-0.4, -0.2) is 57.3 Å². The Morgan fingerprint density at radius 2 is 2.03 bits per heavy atom. The van der Waals surface area contributed by atoms with Crippen molar-refractivity contribution in [3.8, 4) is 0 Å². The van der Waals surface area contributed by atoms with Gasteiger partial charge in [-0.25, -0.2) is 13.6 Å². The van der Waals surface area contributed by atoms with E-state index in [-0.39, 0.29) is 23.7 Å². The molecule has 0 radical (unpaired) electrons. The van der Waals surface area contributed by atoms with Crippen LogP contribution in [0.3, 0.4) is 0 Å². The number of nitrogens with zero attached hydrogens (tertiary/aromatic N) is 2. The van der Waals surface area contributed by atoms with Crippen LogP contribution in [0.1, 0.15) is 32.3 Å². The predicted molar refractivity (Wildman–Crippen MR) is 101 cm³/mol. The SMILES string of the molecule is CC1(C)[C@@H]2[C@@H](C(=O)O)N(C(=O)C(Cc3cccnc3)NC(=O)C3CC(F)(F)C3)C[C@@H]21. The second kappa shape index (κ2) is 6.99. The van der Waals surface area contributed by atoms with Gasteiger partial charge in [-0.1, -0.05) is 19.9 Å². The minimum atomic E-state index is -2.85. The van der Waals surface area contributed by atoms with Gasteiger partial charge in [0.05, 0.1) is 0 Å². The lowest BCUT2D eigenvalue weighted by Crippen LogP contribution is -2.56. The number of carbonyl (C=O) groups is 3. The number of likely N-dealkylation sites (tertiary alicyclic amines) is 1. The second-order valence-electron chi connectivity index (χ2n) is 9.32. The Morgan fingerprint density at radius 3 is 2.60 bits per heavy atom. The summed E-state index contributed by atoms with van der Waals surface area (Å²) >= 11 is 0. The number of rotatable bonds is 6. The molecule has 0 spiro atoms. The van der Waals surface area contributed by atoms with Gasteiger partial charge in [-0.2, -0.15) is 0 Å². The molecule has 3 aliphatic rings. The third kappa shape index (κ3) is 3.54. The molecule has 2 aliphatic carbocycles. The number of amides is 2. The molecule has 2 heterocycles. The maximum absolute atomic E-state index is 13.3. The van der Waals surface area contributed by atoms with Crippen LogP contribution < -0.4 is 5.32 Å². The van der Waals surface area contributed by atoms with E-state index in [4.69, 9.17) is 0 Å². The van der Waals surface area contributed by atoms with E-state index in [0.717, 1.165) is 0 Å². The smallest absolute Gasteiger partial charge is 0.326 e. The largest absolute Gasteiger partial charge is 0.480 e. The zero-order valence-electron chi connectivity index (χ0n) is 16.8. The van der Waals surface area contributed by atoms with Crippen LogP contribution in [-0.2, 0) is 20.8 Å². The molecule has 1 unspecified atom stereocenters. The Kier molecular flexibility index (Phi) is 4.82. The number of carboxylic acids is 1. The lowest BCUT2D eigenvalue weighted by Gasteiger charge is -2.36. The number of carboxylic acid groups (broad SMARTS) is 1. The Bertz CT molecular complexity index is 868. The summed E-state index contributed by atoms with van der Waals surface area (Å²) in [5.41, 5.74) is 0.547. The Hall–Kier alpha value is -2.58. The van der Waals surface area contributed by atoms with Gasteiger partial charge in [-0.05, 0) is 23.0 Å². The summed E-state index contributed by atoms with van der Waals surface area (Å²) in [6.07, 6.45) is 2.18. The maximum atomic E-state index is 13.3. The minimum Gasteiger partial charge on any atom is -0.480 e. The fraction of sp³-hybridized carbons (Fsp3) is 0.619. The third-order valence-electron chi connectivity index (χ3n) is 6.98. The van der Waals surface area contributed by atoms with Gasteiger partial charge in [0.1, 0.15) is 12.1 Å². The summed E-state index contributed by atoms with van der Waals surface area (Å²) < 4.78 is 26.3. The third-order valence-corrected chi connectivity index (χ3v) is 6.98. The summed E-state index contributed by atoms with van der Waals surface area (Å²) in [4.78, 5) is 43.0. The number of nitrogens with one attached hydrogen (secondary N) is 1. The topological polar surface area (TPSA) is 99.6 Å². The van der Waals surface area contributed by atoms with E-state index >= 15 is 0 Å². The van der Waals surface area contributed by atoms with Crippen molar-refractivity contribution in [2.75, 3.05) is 6.54 Å². The van der Waals surface area contributed by atoms with Crippen LogP contribution in [0.5, 0.6) is 0 Å². The molecule has 0 bridgehead atoms. The first-order valence-electron chi connectivity index (χ1n) is 10.1. The molecule has 3 fully saturated rings. The number of alkyl halides is 2. The second-order valence-corrected chi connectivity index (χ2v) is 9.32. The van der Waals surface area contributed by atoms with E-state index in [1.807, 2.05) is 13.8 Å². The van der Waals surface area contributed by atoms with E-state index in [2.05, 4.69) is 10.3 Å². The molecule has 7 nitrogen and oxygen atoms in total. The molecule has 9 heteroatoms. The molecule has 0 aromatic carbocycles. The van der Waals surface area contributed by atoms with Gasteiger partial charge in [-0.15, -0.1) is 0 Å². The number of halogens is 2. The minimum absolute atomic E-state index is 0.0996. The highest BCUT2D eigenvalue weighted by atomic mass is 19.3. The monoisotopic (exact) mass is 421 g/mol. The van der Waals surface area contributed by atoms with Gasteiger partial charge in [-0.3, -0.25) is 14.6 Å². The van der Waals surface area contributed by atoms with Crippen molar-refractivity contribution in [3.63, 3.8) is 0 Å². The number of aromatic nitrogens is 1. The van der Waals surface area contributed by atoms with Gasteiger partial charge in [0, 0.05) is 50.0 Å². The van der Waals surface area contributed by atoms with E-state index in [1.165, 1.54) is 4.90 Å². The van der Waals surface area contributed by atoms with Crippen LogP contribution in [0.15, 0.2) is 24.5 Å². The molecule has 2 saturated carbocycles. The van der Waals surface area contributed by atoms with Crippen LogP contribution in [0.4, 0.5) is 8.78 Å². The van der Waals surface area contributed by atoms with Crippen LogP contribution in [0.2, 0.25) is 0 Å². The van der Waals surface area contributed by atoms with Crippen LogP contribution in [0.25, 0.3) is 0 Å². The number of hydrogen-bond donors (Lipinski definition) is 2. The summed E-state index contributed by atoms with van der Waals surface area (Å²) in [7, 11) is 0. The van der Waals surface area contributed by atoms with Crippen molar-refractivity contribution in [2.24, 2.45) is 23.2 Å². The quantitative estimate of drug-likeness (QED) is 0.729. The van der Waals surface area contributed by atoms with Crippen LogP contribution >= 0.6 is 0 Å². The Morgan fingerprint density at radius 1 is 1.33 bits per heavy atom. The van der Waals surface area contributed by atoms with Gasteiger partial charge in [0.25, 0.3) is 0 Å². The highest BCUT2D eigenvalue weighted by Crippen LogP contribution is 2.64. The van der Waals surface area contributed by atoms with Gasteiger partial charge in [0.2, 0.25) is 17.7 Å². The predicted octanol–water partition coefficient (Wildman–Crippen LogP) is 1.72. The average molecular weight is 421 g/mol. The first kappa shape index (κ1) is 20.7.